The number of rotatable bonds is 7. The van der Waals surface area contributed by atoms with Crippen LogP contribution in [0.3, 0.4) is 0 Å². The summed E-state index contributed by atoms with van der Waals surface area (Å²) in [5.74, 6) is 7.05. The van der Waals surface area contributed by atoms with E-state index < -0.39 is 0 Å². The molecule has 96 valence electrons. The van der Waals surface area contributed by atoms with Gasteiger partial charge < -0.3 is 14.2 Å². The Morgan fingerprint density at radius 2 is 2.06 bits per heavy atom. The lowest BCUT2D eigenvalue weighted by atomic mass is 10.1. The van der Waals surface area contributed by atoms with E-state index >= 15 is 0 Å². The van der Waals surface area contributed by atoms with E-state index in [1.807, 2.05) is 25.1 Å². The first kappa shape index (κ1) is 13.8. The van der Waals surface area contributed by atoms with Crippen LogP contribution in [0.15, 0.2) is 18.2 Å². The van der Waals surface area contributed by atoms with Gasteiger partial charge in [-0.2, -0.15) is 0 Å². The Balaban J connectivity index is 2.97. The molecule has 3 N–H and O–H groups in total. The zero-order valence-corrected chi connectivity index (χ0v) is 10.5. The summed E-state index contributed by atoms with van der Waals surface area (Å²) in [5.41, 5.74) is 3.64. The maximum absolute atomic E-state index is 5.53. The molecule has 0 saturated heterocycles. The molecule has 0 fully saturated rings. The number of hydrogen-bond donors (Lipinski definition) is 2. The predicted octanol–water partition coefficient (Wildman–Crippen LogP) is 1.24. The van der Waals surface area contributed by atoms with E-state index in [1.54, 1.807) is 14.2 Å². The highest BCUT2D eigenvalue weighted by Gasteiger charge is 2.15. The van der Waals surface area contributed by atoms with Crippen LogP contribution in [0.5, 0.6) is 11.5 Å². The molecular weight excluding hydrogens is 220 g/mol. The minimum Gasteiger partial charge on any atom is -0.497 e. The summed E-state index contributed by atoms with van der Waals surface area (Å²) >= 11 is 0. The van der Waals surface area contributed by atoms with E-state index in [2.05, 4.69) is 5.43 Å². The first-order valence-electron chi connectivity index (χ1n) is 5.52. The second kappa shape index (κ2) is 7.11. The lowest BCUT2D eigenvalue weighted by Crippen LogP contribution is -2.31. The van der Waals surface area contributed by atoms with Gasteiger partial charge in [-0.15, -0.1) is 0 Å². The van der Waals surface area contributed by atoms with E-state index in [0.717, 1.165) is 17.1 Å². The van der Waals surface area contributed by atoms with Crippen LogP contribution in [0.1, 0.15) is 18.5 Å². The van der Waals surface area contributed by atoms with E-state index in [-0.39, 0.29) is 6.04 Å². The van der Waals surface area contributed by atoms with Gasteiger partial charge in [0.05, 0.1) is 26.9 Å². The molecular formula is C12H20N2O3. The minimum atomic E-state index is -0.125. The second-order valence-electron chi connectivity index (χ2n) is 3.49. The van der Waals surface area contributed by atoms with Gasteiger partial charge in [0.25, 0.3) is 0 Å². The van der Waals surface area contributed by atoms with Gasteiger partial charge in [-0.25, -0.2) is 0 Å². The van der Waals surface area contributed by atoms with E-state index in [1.165, 1.54) is 0 Å². The van der Waals surface area contributed by atoms with Crippen molar-refractivity contribution in [2.24, 2.45) is 5.84 Å². The summed E-state index contributed by atoms with van der Waals surface area (Å²) in [4.78, 5) is 0. The van der Waals surface area contributed by atoms with Crippen molar-refractivity contribution in [3.05, 3.63) is 23.8 Å². The molecule has 5 heteroatoms. The summed E-state index contributed by atoms with van der Waals surface area (Å²) in [5, 5.41) is 0. The Bertz CT molecular complexity index is 345. The zero-order chi connectivity index (χ0) is 12.7. The first-order chi connectivity index (χ1) is 8.26. The smallest absolute Gasteiger partial charge is 0.124 e. The summed E-state index contributed by atoms with van der Waals surface area (Å²) < 4.78 is 15.9. The quantitative estimate of drug-likeness (QED) is 0.554. The van der Waals surface area contributed by atoms with Crippen LogP contribution in [0.4, 0.5) is 0 Å². The van der Waals surface area contributed by atoms with Gasteiger partial charge in [-0.3, -0.25) is 11.3 Å². The van der Waals surface area contributed by atoms with Crippen LogP contribution >= 0.6 is 0 Å². The summed E-state index contributed by atoms with van der Waals surface area (Å²) in [6.45, 7) is 3.07. The van der Waals surface area contributed by atoms with Gasteiger partial charge in [-0.05, 0) is 25.1 Å². The average Bonchev–Trinajstić information content (AvgIpc) is 2.39. The Morgan fingerprint density at radius 3 is 2.59 bits per heavy atom. The molecule has 1 aromatic carbocycles. The molecule has 0 heterocycles. The van der Waals surface area contributed by atoms with E-state index in [4.69, 9.17) is 20.1 Å². The van der Waals surface area contributed by atoms with Crippen molar-refractivity contribution in [2.45, 2.75) is 13.0 Å². The number of nitrogens with one attached hydrogen (secondary N) is 1. The molecule has 1 aromatic rings. The van der Waals surface area contributed by atoms with Crippen LogP contribution in [0.25, 0.3) is 0 Å². The summed E-state index contributed by atoms with van der Waals surface area (Å²) in [7, 11) is 3.25. The zero-order valence-electron chi connectivity index (χ0n) is 10.5. The Kier molecular flexibility index (Phi) is 5.76. The molecule has 0 amide bonds. The highest BCUT2D eigenvalue weighted by atomic mass is 16.5. The molecule has 0 radical (unpaired) electrons. The first-order valence-corrected chi connectivity index (χ1v) is 5.52. The fourth-order valence-corrected chi connectivity index (χ4v) is 1.58. The van der Waals surface area contributed by atoms with Crippen LogP contribution in [0, 0.1) is 0 Å². The number of hydrazine groups is 1. The molecule has 0 aromatic heterocycles. The number of nitrogens with two attached hydrogens (primary N) is 1. The lowest BCUT2D eigenvalue weighted by Gasteiger charge is -2.19. The van der Waals surface area contributed by atoms with Gasteiger partial charge in [0.1, 0.15) is 11.5 Å². The topological polar surface area (TPSA) is 65.7 Å². The molecule has 17 heavy (non-hydrogen) atoms. The van der Waals surface area contributed by atoms with Gasteiger partial charge in [0.2, 0.25) is 0 Å². The lowest BCUT2D eigenvalue weighted by molar-refractivity contribution is 0.122. The largest absolute Gasteiger partial charge is 0.497 e. The number of benzene rings is 1. The summed E-state index contributed by atoms with van der Waals surface area (Å²) in [6, 6.07) is 5.46. The van der Waals surface area contributed by atoms with Crippen molar-refractivity contribution in [1.29, 1.82) is 0 Å². The van der Waals surface area contributed by atoms with Crippen LogP contribution in [-0.2, 0) is 4.74 Å². The molecule has 1 rings (SSSR count). The highest BCUT2D eigenvalue weighted by Crippen LogP contribution is 2.29. The van der Waals surface area contributed by atoms with E-state index in [9.17, 15) is 0 Å². The number of methoxy groups -OCH3 is 2. The third-order valence-electron chi connectivity index (χ3n) is 2.50. The van der Waals surface area contributed by atoms with Gasteiger partial charge in [0.15, 0.2) is 0 Å². The molecule has 1 unspecified atom stereocenters. The molecule has 0 aliphatic rings. The van der Waals surface area contributed by atoms with Crippen LogP contribution < -0.4 is 20.7 Å². The Hall–Kier alpha value is -1.30. The molecule has 0 spiro atoms. The van der Waals surface area contributed by atoms with Gasteiger partial charge in [-0.1, -0.05) is 0 Å². The highest BCUT2D eigenvalue weighted by molar-refractivity contribution is 5.42. The fraction of sp³-hybridized carbons (Fsp3) is 0.500. The minimum absolute atomic E-state index is 0.125. The fourth-order valence-electron chi connectivity index (χ4n) is 1.58. The van der Waals surface area contributed by atoms with Gasteiger partial charge in [0, 0.05) is 12.2 Å². The van der Waals surface area contributed by atoms with Crippen molar-refractivity contribution < 1.29 is 14.2 Å². The molecule has 0 aliphatic heterocycles. The Morgan fingerprint density at radius 1 is 1.29 bits per heavy atom. The third kappa shape index (κ3) is 3.59. The normalized spacial score (nSPS) is 12.2. The number of ether oxygens (including phenoxy) is 3. The third-order valence-corrected chi connectivity index (χ3v) is 2.50. The second-order valence-corrected chi connectivity index (χ2v) is 3.49. The summed E-state index contributed by atoms with van der Waals surface area (Å²) in [6.07, 6.45) is 0. The van der Waals surface area contributed by atoms with Gasteiger partial charge >= 0.3 is 0 Å². The molecule has 0 bridgehead atoms. The number of hydrogen-bond acceptors (Lipinski definition) is 5. The monoisotopic (exact) mass is 240 g/mol. The van der Waals surface area contributed by atoms with Crippen molar-refractivity contribution in [2.75, 3.05) is 27.4 Å². The molecule has 5 nitrogen and oxygen atoms in total. The van der Waals surface area contributed by atoms with E-state index in [0.29, 0.717) is 13.2 Å². The van der Waals surface area contributed by atoms with Crippen molar-refractivity contribution >= 4 is 0 Å². The molecule has 0 saturated carbocycles. The van der Waals surface area contributed by atoms with Crippen LogP contribution in [0.2, 0.25) is 0 Å². The van der Waals surface area contributed by atoms with Crippen molar-refractivity contribution in [1.82, 2.24) is 5.43 Å². The predicted molar refractivity (Wildman–Crippen MR) is 66.1 cm³/mol. The van der Waals surface area contributed by atoms with Crippen LogP contribution in [-0.4, -0.2) is 27.4 Å². The standard InChI is InChI=1S/C12H20N2O3/c1-4-17-8-11(14-13)10-7-9(15-2)5-6-12(10)16-3/h5-7,11,14H,4,8,13H2,1-3H3. The SMILES string of the molecule is CCOCC(NN)c1cc(OC)ccc1OC. The Labute approximate surface area is 102 Å². The average molecular weight is 240 g/mol. The maximum atomic E-state index is 5.53. The van der Waals surface area contributed by atoms with Crippen molar-refractivity contribution in [3.63, 3.8) is 0 Å². The van der Waals surface area contributed by atoms with Crippen molar-refractivity contribution in [3.8, 4) is 11.5 Å². The molecule has 0 aliphatic carbocycles. The molecule has 1 atom stereocenters. The maximum Gasteiger partial charge on any atom is 0.124 e.